The van der Waals surface area contributed by atoms with E-state index in [1.54, 1.807) is 0 Å². The third-order valence-corrected chi connectivity index (χ3v) is 3.64. The van der Waals surface area contributed by atoms with Gasteiger partial charge in [0, 0.05) is 5.92 Å². The molecular formula is C11H19NO2. The van der Waals surface area contributed by atoms with Gasteiger partial charge in [-0.15, -0.1) is 0 Å². The second-order valence-electron chi connectivity index (χ2n) is 4.63. The molecule has 0 spiro atoms. The summed E-state index contributed by atoms with van der Waals surface area (Å²) in [7, 11) is 0. The molecule has 0 radical (unpaired) electrons. The first-order valence-corrected chi connectivity index (χ1v) is 5.79. The van der Waals surface area contributed by atoms with E-state index in [0.29, 0.717) is 12.5 Å². The molecule has 1 aliphatic carbocycles. The standard InChI is InChI=1S/C11H19NO2/c13-11-10-7-5-3-1-2-4-6-9(10)8-12(11)14/h9-10,14H,1-8H2. The van der Waals surface area contributed by atoms with Crippen molar-refractivity contribution in [1.29, 1.82) is 0 Å². The van der Waals surface area contributed by atoms with Crippen LogP contribution >= 0.6 is 0 Å². The van der Waals surface area contributed by atoms with E-state index < -0.39 is 0 Å². The average molecular weight is 197 g/mol. The van der Waals surface area contributed by atoms with Crippen LogP contribution in [0.5, 0.6) is 0 Å². The lowest BCUT2D eigenvalue weighted by Crippen LogP contribution is -2.23. The van der Waals surface area contributed by atoms with Gasteiger partial charge in [0.2, 0.25) is 5.91 Å². The Bertz CT molecular complexity index is 217. The van der Waals surface area contributed by atoms with Crippen LogP contribution in [-0.4, -0.2) is 22.7 Å². The van der Waals surface area contributed by atoms with Crippen LogP contribution < -0.4 is 0 Å². The van der Waals surface area contributed by atoms with E-state index in [9.17, 15) is 10.0 Å². The summed E-state index contributed by atoms with van der Waals surface area (Å²) in [6.07, 6.45) is 8.35. The Morgan fingerprint density at radius 2 is 1.71 bits per heavy atom. The van der Waals surface area contributed by atoms with Crippen LogP contribution in [0.25, 0.3) is 0 Å². The van der Waals surface area contributed by atoms with Crippen LogP contribution in [0, 0.1) is 11.8 Å². The summed E-state index contributed by atoms with van der Waals surface area (Å²) < 4.78 is 0. The van der Waals surface area contributed by atoms with Gasteiger partial charge >= 0.3 is 0 Å². The minimum Gasteiger partial charge on any atom is -0.286 e. The number of hydrogen-bond donors (Lipinski definition) is 1. The second-order valence-corrected chi connectivity index (χ2v) is 4.63. The van der Waals surface area contributed by atoms with E-state index in [4.69, 9.17) is 0 Å². The van der Waals surface area contributed by atoms with Crippen molar-refractivity contribution < 1.29 is 10.0 Å². The molecule has 0 aromatic heterocycles. The molecule has 2 rings (SSSR count). The molecule has 3 nitrogen and oxygen atoms in total. The fourth-order valence-electron chi connectivity index (χ4n) is 2.79. The lowest BCUT2D eigenvalue weighted by Gasteiger charge is -2.13. The highest BCUT2D eigenvalue weighted by atomic mass is 16.5. The van der Waals surface area contributed by atoms with Gasteiger partial charge in [-0.25, -0.2) is 5.06 Å². The number of rotatable bonds is 0. The van der Waals surface area contributed by atoms with Gasteiger partial charge < -0.3 is 0 Å². The molecule has 2 aliphatic rings. The third kappa shape index (κ3) is 1.92. The van der Waals surface area contributed by atoms with E-state index in [0.717, 1.165) is 24.3 Å². The van der Waals surface area contributed by atoms with E-state index >= 15 is 0 Å². The maximum Gasteiger partial charge on any atom is 0.249 e. The normalized spacial score (nSPS) is 34.6. The van der Waals surface area contributed by atoms with E-state index in [1.807, 2.05) is 0 Å². The first kappa shape index (κ1) is 9.97. The minimum atomic E-state index is -0.0306. The lowest BCUT2D eigenvalue weighted by molar-refractivity contribution is -0.160. The van der Waals surface area contributed by atoms with Crippen molar-refractivity contribution in [3.8, 4) is 0 Å². The Balaban J connectivity index is 2.02. The van der Waals surface area contributed by atoms with Crippen molar-refractivity contribution in [3.05, 3.63) is 0 Å². The molecule has 1 heterocycles. The predicted molar refractivity (Wildman–Crippen MR) is 52.8 cm³/mol. The number of fused-ring (bicyclic) bond motifs is 1. The molecule has 14 heavy (non-hydrogen) atoms. The van der Waals surface area contributed by atoms with Crippen molar-refractivity contribution >= 4 is 5.91 Å². The molecule has 2 unspecified atom stereocenters. The lowest BCUT2D eigenvalue weighted by atomic mass is 9.88. The van der Waals surface area contributed by atoms with Gasteiger partial charge in [0.15, 0.2) is 0 Å². The van der Waals surface area contributed by atoms with Gasteiger partial charge in [-0.1, -0.05) is 32.1 Å². The molecule has 2 fully saturated rings. The van der Waals surface area contributed by atoms with E-state index in [2.05, 4.69) is 0 Å². The number of amides is 1. The highest BCUT2D eigenvalue weighted by molar-refractivity contribution is 5.80. The van der Waals surface area contributed by atoms with Crippen LogP contribution in [0.4, 0.5) is 0 Å². The highest BCUT2D eigenvalue weighted by Gasteiger charge is 2.39. The fraction of sp³-hybridized carbons (Fsp3) is 0.909. The van der Waals surface area contributed by atoms with Gasteiger partial charge in [0.1, 0.15) is 0 Å². The maximum absolute atomic E-state index is 11.6. The highest BCUT2D eigenvalue weighted by Crippen LogP contribution is 2.33. The van der Waals surface area contributed by atoms with E-state index in [1.165, 1.54) is 25.7 Å². The van der Waals surface area contributed by atoms with Crippen molar-refractivity contribution in [2.24, 2.45) is 11.8 Å². The molecule has 0 aromatic carbocycles. The Labute approximate surface area is 85.0 Å². The Morgan fingerprint density at radius 1 is 1.07 bits per heavy atom. The molecular weight excluding hydrogens is 178 g/mol. The first-order valence-electron chi connectivity index (χ1n) is 5.79. The zero-order valence-electron chi connectivity index (χ0n) is 8.61. The van der Waals surface area contributed by atoms with Gasteiger partial charge in [-0.3, -0.25) is 10.0 Å². The van der Waals surface area contributed by atoms with Crippen LogP contribution in [0.3, 0.4) is 0 Å². The number of hydrogen-bond acceptors (Lipinski definition) is 2. The van der Waals surface area contributed by atoms with Crippen LogP contribution in [0.15, 0.2) is 0 Å². The summed E-state index contributed by atoms with van der Waals surface area (Å²) in [6.45, 7) is 0.573. The predicted octanol–water partition coefficient (Wildman–Crippen LogP) is 2.19. The molecule has 1 amide bonds. The summed E-state index contributed by atoms with van der Waals surface area (Å²) in [5.74, 6) is 0.514. The van der Waals surface area contributed by atoms with Crippen LogP contribution in [-0.2, 0) is 4.79 Å². The first-order chi connectivity index (χ1) is 6.79. The third-order valence-electron chi connectivity index (χ3n) is 3.64. The molecule has 1 N–H and O–H groups in total. The fourth-order valence-corrected chi connectivity index (χ4v) is 2.79. The monoisotopic (exact) mass is 197 g/mol. The summed E-state index contributed by atoms with van der Waals surface area (Å²) in [5.41, 5.74) is 0. The van der Waals surface area contributed by atoms with Gasteiger partial charge in [-0.05, 0) is 18.8 Å². The molecule has 3 heteroatoms. The van der Waals surface area contributed by atoms with Crippen LogP contribution in [0.1, 0.15) is 44.9 Å². The Morgan fingerprint density at radius 3 is 2.50 bits per heavy atom. The Hall–Kier alpha value is -0.570. The van der Waals surface area contributed by atoms with Gasteiger partial charge in [0.05, 0.1) is 6.54 Å². The van der Waals surface area contributed by atoms with Gasteiger partial charge in [-0.2, -0.15) is 0 Å². The van der Waals surface area contributed by atoms with Crippen molar-refractivity contribution in [2.75, 3.05) is 6.54 Å². The van der Waals surface area contributed by atoms with Crippen molar-refractivity contribution in [2.45, 2.75) is 44.9 Å². The molecule has 1 aliphatic heterocycles. The number of carbonyl (C=O) groups excluding carboxylic acids is 1. The summed E-state index contributed by atoms with van der Waals surface area (Å²) in [6, 6.07) is 0. The maximum atomic E-state index is 11.6. The van der Waals surface area contributed by atoms with E-state index in [-0.39, 0.29) is 11.8 Å². The van der Waals surface area contributed by atoms with Crippen molar-refractivity contribution in [3.63, 3.8) is 0 Å². The molecule has 1 saturated heterocycles. The molecule has 0 aromatic rings. The number of nitrogens with zero attached hydrogens (tertiary/aromatic N) is 1. The van der Waals surface area contributed by atoms with Crippen molar-refractivity contribution in [1.82, 2.24) is 5.06 Å². The summed E-state index contributed by atoms with van der Waals surface area (Å²) in [4.78, 5) is 11.6. The molecule has 80 valence electrons. The Kier molecular flexibility index (Phi) is 3.06. The zero-order valence-corrected chi connectivity index (χ0v) is 8.61. The largest absolute Gasteiger partial charge is 0.286 e. The summed E-state index contributed by atoms with van der Waals surface area (Å²) in [5, 5.41) is 10.3. The molecule has 1 saturated carbocycles. The topological polar surface area (TPSA) is 40.5 Å². The smallest absolute Gasteiger partial charge is 0.249 e. The molecule has 0 bridgehead atoms. The minimum absolute atomic E-state index is 0.0306. The average Bonchev–Trinajstić information content (AvgIpc) is 2.49. The zero-order chi connectivity index (χ0) is 9.97. The van der Waals surface area contributed by atoms with Crippen LogP contribution in [0.2, 0.25) is 0 Å². The quantitative estimate of drug-likeness (QED) is 0.605. The summed E-state index contributed by atoms with van der Waals surface area (Å²) >= 11 is 0. The number of hydroxylamine groups is 2. The molecule has 2 atom stereocenters. The SMILES string of the molecule is O=C1C2CCCCCCCC2CN1O. The second kappa shape index (κ2) is 4.30. The van der Waals surface area contributed by atoms with Gasteiger partial charge in [0.25, 0.3) is 0 Å². The number of carbonyl (C=O) groups is 1.